The maximum absolute atomic E-state index is 8.72. The van der Waals surface area contributed by atoms with Crippen molar-refractivity contribution in [2.45, 2.75) is 6.92 Å². The summed E-state index contributed by atoms with van der Waals surface area (Å²) in [5, 5.41) is 11.0. The van der Waals surface area contributed by atoms with Gasteiger partial charge < -0.3 is 10.4 Å². The lowest BCUT2D eigenvalue weighted by atomic mass is 10.00. The van der Waals surface area contributed by atoms with Gasteiger partial charge in [0, 0.05) is 11.8 Å². The minimum atomic E-state index is 0.373. The van der Waals surface area contributed by atoms with Crippen LogP contribution in [0.5, 0.6) is 0 Å². The SMILES string of the molecule is C[C@@H]1C[NH2+]C[C@H]1CO. The summed E-state index contributed by atoms with van der Waals surface area (Å²) in [6, 6.07) is 0. The van der Waals surface area contributed by atoms with E-state index in [9.17, 15) is 0 Å². The highest BCUT2D eigenvalue weighted by Gasteiger charge is 2.25. The smallest absolute Gasteiger partial charge is 0.0811 e. The van der Waals surface area contributed by atoms with E-state index in [0.29, 0.717) is 12.5 Å². The molecule has 0 radical (unpaired) electrons. The fourth-order valence-electron chi connectivity index (χ4n) is 1.25. The standard InChI is InChI=1S/C6H13NO/c1-5-2-7-3-6(5)4-8/h5-8H,2-4H2,1H3/p+1/t5-,6+/m1/s1. The van der Waals surface area contributed by atoms with Crippen molar-refractivity contribution < 1.29 is 10.4 Å². The molecule has 0 unspecified atom stereocenters. The number of quaternary nitrogens is 1. The Kier molecular flexibility index (Phi) is 1.86. The van der Waals surface area contributed by atoms with Gasteiger partial charge >= 0.3 is 0 Å². The van der Waals surface area contributed by atoms with Gasteiger partial charge in [0.1, 0.15) is 0 Å². The van der Waals surface area contributed by atoms with Gasteiger partial charge in [-0.1, -0.05) is 6.92 Å². The van der Waals surface area contributed by atoms with Gasteiger partial charge in [0.2, 0.25) is 0 Å². The van der Waals surface area contributed by atoms with E-state index in [-0.39, 0.29) is 0 Å². The number of aliphatic hydroxyl groups excluding tert-OH is 1. The quantitative estimate of drug-likeness (QED) is 0.444. The van der Waals surface area contributed by atoms with Gasteiger partial charge in [0.05, 0.1) is 19.7 Å². The summed E-state index contributed by atoms with van der Waals surface area (Å²) in [6.45, 7) is 4.89. The van der Waals surface area contributed by atoms with Crippen LogP contribution >= 0.6 is 0 Å². The minimum absolute atomic E-state index is 0.373. The molecule has 8 heavy (non-hydrogen) atoms. The van der Waals surface area contributed by atoms with Crippen LogP contribution in [0.15, 0.2) is 0 Å². The van der Waals surface area contributed by atoms with E-state index >= 15 is 0 Å². The Balaban J connectivity index is 2.30. The van der Waals surface area contributed by atoms with Gasteiger partial charge in [-0.2, -0.15) is 0 Å². The Morgan fingerprint density at radius 2 is 2.38 bits per heavy atom. The molecule has 0 spiro atoms. The first-order valence-electron chi connectivity index (χ1n) is 3.27. The summed E-state index contributed by atoms with van der Waals surface area (Å²) in [5.74, 6) is 1.29. The van der Waals surface area contributed by atoms with Crippen LogP contribution in [0, 0.1) is 11.8 Å². The van der Waals surface area contributed by atoms with Crippen molar-refractivity contribution in [3.63, 3.8) is 0 Å². The van der Waals surface area contributed by atoms with Gasteiger partial charge in [-0.15, -0.1) is 0 Å². The lowest BCUT2D eigenvalue weighted by molar-refractivity contribution is -0.640. The van der Waals surface area contributed by atoms with Crippen LogP contribution in [0.25, 0.3) is 0 Å². The Morgan fingerprint density at radius 3 is 2.62 bits per heavy atom. The number of nitrogens with two attached hydrogens (primary N) is 1. The van der Waals surface area contributed by atoms with Crippen LogP contribution in [-0.2, 0) is 0 Å². The lowest BCUT2D eigenvalue weighted by Gasteiger charge is -2.04. The van der Waals surface area contributed by atoms with Crippen molar-refractivity contribution in [3.8, 4) is 0 Å². The normalized spacial score (nSPS) is 38.2. The first kappa shape index (κ1) is 6.05. The maximum atomic E-state index is 8.72. The van der Waals surface area contributed by atoms with Crippen LogP contribution in [-0.4, -0.2) is 24.8 Å². The first-order chi connectivity index (χ1) is 3.84. The van der Waals surface area contributed by atoms with Crippen LogP contribution in [0.4, 0.5) is 0 Å². The van der Waals surface area contributed by atoms with E-state index in [0.717, 1.165) is 12.5 Å². The van der Waals surface area contributed by atoms with E-state index in [2.05, 4.69) is 12.2 Å². The van der Waals surface area contributed by atoms with Gasteiger partial charge in [0.25, 0.3) is 0 Å². The molecule has 2 atom stereocenters. The average molecular weight is 116 g/mol. The third kappa shape index (κ3) is 1.01. The summed E-state index contributed by atoms with van der Waals surface area (Å²) in [7, 11) is 0. The largest absolute Gasteiger partial charge is 0.396 e. The van der Waals surface area contributed by atoms with Crippen LogP contribution in [0.3, 0.4) is 0 Å². The van der Waals surface area contributed by atoms with Crippen molar-refractivity contribution in [1.82, 2.24) is 0 Å². The molecule has 0 saturated carbocycles. The molecule has 1 rings (SSSR count). The zero-order valence-corrected chi connectivity index (χ0v) is 5.30. The van der Waals surface area contributed by atoms with Crippen LogP contribution < -0.4 is 5.32 Å². The zero-order chi connectivity index (χ0) is 5.98. The number of aliphatic hydroxyl groups is 1. The Hall–Kier alpha value is -0.0800. The van der Waals surface area contributed by atoms with Crippen molar-refractivity contribution in [2.75, 3.05) is 19.7 Å². The number of hydrogen-bond donors (Lipinski definition) is 2. The molecule has 48 valence electrons. The Morgan fingerprint density at radius 1 is 1.62 bits per heavy atom. The summed E-state index contributed by atoms with van der Waals surface area (Å²) >= 11 is 0. The van der Waals surface area contributed by atoms with Crippen LogP contribution in [0.1, 0.15) is 6.92 Å². The van der Waals surface area contributed by atoms with Crippen molar-refractivity contribution in [1.29, 1.82) is 0 Å². The molecule has 1 aliphatic rings. The Labute approximate surface area is 49.9 Å². The third-order valence-electron chi connectivity index (χ3n) is 2.05. The van der Waals surface area contributed by atoms with Gasteiger partial charge in [0.15, 0.2) is 0 Å². The van der Waals surface area contributed by atoms with E-state index in [1.165, 1.54) is 6.54 Å². The minimum Gasteiger partial charge on any atom is -0.396 e. The summed E-state index contributed by atoms with van der Waals surface area (Å²) < 4.78 is 0. The molecule has 2 heteroatoms. The summed E-state index contributed by atoms with van der Waals surface area (Å²) in [5.41, 5.74) is 0. The lowest BCUT2D eigenvalue weighted by Crippen LogP contribution is -2.81. The molecule has 1 aliphatic heterocycles. The molecule has 2 nitrogen and oxygen atoms in total. The highest BCUT2D eigenvalue weighted by molar-refractivity contribution is 4.66. The fourth-order valence-corrected chi connectivity index (χ4v) is 1.25. The van der Waals surface area contributed by atoms with E-state index in [1.54, 1.807) is 0 Å². The van der Waals surface area contributed by atoms with Gasteiger partial charge in [-0.05, 0) is 0 Å². The fraction of sp³-hybridized carbons (Fsp3) is 1.00. The van der Waals surface area contributed by atoms with E-state index in [1.807, 2.05) is 0 Å². The molecule has 0 aliphatic carbocycles. The molecular formula is C6H14NO+. The van der Waals surface area contributed by atoms with Crippen molar-refractivity contribution in [3.05, 3.63) is 0 Å². The van der Waals surface area contributed by atoms with Crippen LogP contribution in [0.2, 0.25) is 0 Å². The predicted molar refractivity (Wildman–Crippen MR) is 31.4 cm³/mol. The first-order valence-corrected chi connectivity index (χ1v) is 3.27. The monoisotopic (exact) mass is 116 g/mol. The topological polar surface area (TPSA) is 36.8 Å². The Bertz CT molecular complexity index is 74.9. The van der Waals surface area contributed by atoms with Crippen molar-refractivity contribution >= 4 is 0 Å². The van der Waals surface area contributed by atoms with Gasteiger partial charge in [-0.25, -0.2) is 0 Å². The molecule has 1 heterocycles. The predicted octanol–water partition coefficient (Wildman–Crippen LogP) is -1.19. The number of rotatable bonds is 1. The maximum Gasteiger partial charge on any atom is 0.0811 e. The average Bonchev–Trinajstić information content (AvgIpc) is 2.14. The third-order valence-corrected chi connectivity index (χ3v) is 2.05. The highest BCUT2D eigenvalue weighted by atomic mass is 16.3. The van der Waals surface area contributed by atoms with E-state index in [4.69, 9.17) is 5.11 Å². The van der Waals surface area contributed by atoms with E-state index < -0.39 is 0 Å². The van der Waals surface area contributed by atoms with Gasteiger partial charge in [-0.3, -0.25) is 0 Å². The second kappa shape index (κ2) is 2.46. The second-order valence-corrected chi connectivity index (χ2v) is 2.68. The molecule has 0 aromatic rings. The summed E-state index contributed by atoms with van der Waals surface area (Å²) in [4.78, 5) is 0. The molecule has 0 amide bonds. The molecule has 1 fully saturated rings. The molecule has 0 aromatic carbocycles. The summed E-state index contributed by atoms with van der Waals surface area (Å²) in [6.07, 6.45) is 0. The molecular weight excluding hydrogens is 102 g/mol. The molecule has 0 bridgehead atoms. The second-order valence-electron chi connectivity index (χ2n) is 2.68. The zero-order valence-electron chi connectivity index (χ0n) is 5.30. The van der Waals surface area contributed by atoms with Crippen molar-refractivity contribution in [2.24, 2.45) is 11.8 Å². The number of hydrogen-bond acceptors (Lipinski definition) is 1. The molecule has 0 aromatic heterocycles. The molecule has 3 N–H and O–H groups in total. The molecule has 1 saturated heterocycles. The highest BCUT2D eigenvalue weighted by Crippen LogP contribution is 2.09.